The standard InChI is InChI=1S/C39H69O9P/c1-4-36(40)30-26-22-18-14-9-7-5-6-8-10-15-19-23-27-31-38(41)46-33-37(34-47-49(43,44)45)48-39(42)32-28-24-20-16-12-11-13-17-21-25-29-35(2)3/h6-9,15,18-19,22,35-37,40H,4-5,10-14,16-17,20-21,23-34H2,1-3H3,(H2,43,44,45)/b8-6-,9-7-,19-15-,22-18-/t36-,37+/m0/s1. The number of aliphatic hydroxyl groups excluding tert-OH is 1. The molecule has 0 aromatic carbocycles. The van der Waals surface area contributed by atoms with E-state index in [0.717, 1.165) is 63.7 Å². The maximum atomic E-state index is 12.3. The summed E-state index contributed by atoms with van der Waals surface area (Å²) in [5.41, 5.74) is 0. The molecular formula is C39H69O9P. The van der Waals surface area contributed by atoms with E-state index in [0.29, 0.717) is 19.3 Å². The van der Waals surface area contributed by atoms with Gasteiger partial charge in [0.05, 0.1) is 12.7 Å². The summed E-state index contributed by atoms with van der Waals surface area (Å²) in [6.45, 7) is 5.64. The number of phosphoric acid groups is 1. The van der Waals surface area contributed by atoms with Gasteiger partial charge in [0.2, 0.25) is 0 Å². The van der Waals surface area contributed by atoms with Gasteiger partial charge in [0, 0.05) is 12.8 Å². The lowest BCUT2D eigenvalue weighted by molar-refractivity contribution is -0.161. The van der Waals surface area contributed by atoms with Crippen molar-refractivity contribution in [2.45, 2.75) is 168 Å². The Hall–Kier alpha value is -2.03. The third-order valence-electron chi connectivity index (χ3n) is 7.94. The molecule has 0 aliphatic rings. The highest BCUT2D eigenvalue weighted by molar-refractivity contribution is 7.46. The van der Waals surface area contributed by atoms with E-state index in [9.17, 15) is 19.3 Å². The van der Waals surface area contributed by atoms with Gasteiger partial charge in [0.1, 0.15) is 6.61 Å². The molecule has 9 nitrogen and oxygen atoms in total. The number of hydrogen-bond acceptors (Lipinski definition) is 7. The molecule has 0 fully saturated rings. The Labute approximate surface area is 297 Å². The van der Waals surface area contributed by atoms with Gasteiger partial charge >= 0.3 is 19.8 Å². The molecule has 49 heavy (non-hydrogen) atoms. The monoisotopic (exact) mass is 712 g/mol. The molecule has 0 aromatic rings. The van der Waals surface area contributed by atoms with Gasteiger partial charge in [0.25, 0.3) is 0 Å². The fourth-order valence-electron chi connectivity index (χ4n) is 4.94. The van der Waals surface area contributed by atoms with Gasteiger partial charge in [-0.15, -0.1) is 0 Å². The van der Waals surface area contributed by atoms with Gasteiger partial charge in [-0.05, 0) is 63.7 Å². The number of ether oxygens (including phenoxy) is 2. The molecular weight excluding hydrogens is 643 g/mol. The van der Waals surface area contributed by atoms with Crippen molar-refractivity contribution in [3.8, 4) is 0 Å². The lowest BCUT2D eigenvalue weighted by Gasteiger charge is -2.18. The highest BCUT2D eigenvalue weighted by Gasteiger charge is 2.22. The molecule has 0 radical (unpaired) electrons. The lowest BCUT2D eigenvalue weighted by atomic mass is 10.0. The first-order valence-electron chi connectivity index (χ1n) is 18.9. The molecule has 2 atom stereocenters. The summed E-state index contributed by atoms with van der Waals surface area (Å²) < 4.78 is 26.2. The maximum Gasteiger partial charge on any atom is 0.469 e. The third kappa shape index (κ3) is 37.1. The van der Waals surface area contributed by atoms with E-state index < -0.39 is 32.5 Å². The summed E-state index contributed by atoms with van der Waals surface area (Å²) in [5, 5.41) is 9.53. The van der Waals surface area contributed by atoms with Crippen molar-refractivity contribution in [3.05, 3.63) is 48.6 Å². The maximum absolute atomic E-state index is 12.3. The number of rotatable bonds is 33. The molecule has 3 N–H and O–H groups in total. The van der Waals surface area contributed by atoms with Crippen molar-refractivity contribution in [2.75, 3.05) is 13.2 Å². The largest absolute Gasteiger partial charge is 0.469 e. The summed E-state index contributed by atoms with van der Waals surface area (Å²) in [6.07, 6.45) is 35.0. The van der Waals surface area contributed by atoms with Crippen LogP contribution in [0.1, 0.15) is 156 Å². The molecule has 0 heterocycles. The summed E-state index contributed by atoms with van der Waals surface area (Å²) >= 11 is 0. The Morgan fingerprint density at radius 1 is 0.633 bits per heavy atom. The molecule has 0 amide bonds. The van der Waals surface area contributed by atoms with E-state index in [1.807, 2.05) is 19.1 Å². The van der Waals surface area contributed by atoms with Crippen LogP contribution in [0.5, 0.6) is 0 Å². The molecule has 10 heteroatoms. The van der Waals surface area contributed by atoms with Crippen molar-refractivity contribution in [3.63, 3.8) is 0 Å². The van der Waals surface area contributed by atoms with Crippen molar-refractivity contribution >= 4 is 19.8 Å². The molecule has 0 saturated carbocycles. The SMILES string of the molecule is CC[C@H](O)CC/C=C\C/C=C\C/C=C\C/C=C\CCCC(=O)OC[C@H](COP(=O)(O)O)OC(=O)CCCCCCCCCCCCC(C)C. The highest BCUT2D eigenvalue weighted by Crippen LogP contribution is 2.36. The molecule has 0 unspecified atom stereocenters. The smallest absolute Gasteiger partial charge is 0.462 e. The molecule has 0 spiro atoms. The topological polar surface area (TPSA) is 140 Å². The van der Waals surface area contributed by atoms with Crippen LogP contribution in [0.25, 0.3) is 0 Å². The van der Waals surface area contributed by atoms with Crippen LogP contribution in [0.2, 0.25) is 0 Å². The van der Waals surface area contributed by atoms with E-state index >= 15 is 0 Å². The van der Waals surface area contributed by atoms with Crippen LogP contribution in [0.3, 0.4) is 0 Å². The van der Waals surface area contributed by atoms with Crippen LogP contribution in [0.15, 0.2) is 48.6 Å². The molecule has 0 bridgehead atoms. The first-order chi connectivity index (χ1) is 23.5. The van der Waals surface area contributed by atoms with Gasteiger partial charge in [-0.1, -0.05) is 134 Å². The van der Waals surface area contributed by atoms with Gasteiger partial charge in [-0.25, -0.2) is 4.57 Å². The first kappa shape index (κ1) is 47.0. The predicted octanol–water partition coefficient (Wildman–Crippen LogP) is 10.0. The Kier molecular flexibility index (Phi) is 31.8. The number of aliphatic hydroxyl groups is 1. The summed E-state index contributed by atoms with van der Waals surface area (Å²) in [6, 6.07) is 0. The van der Waals surface area contributed by atoms with Crippen LogP contribution in [0, 0.1) is 5.92 Å². The number of unbranched alkanes of at least 4 members (excludes halogenated alkanes) is 10. The number of hydrogen-bond donors (Lipinski definition) is 3. The molecule has 0 rings (SSSR count). The fraction of sp³-hybridized carbons (Fsp3) is 0.744. The minimum Gasteiger partial charge on any atom is -0.462 e. The van der Waals surface area contributed by atoms with Gasteiger partial charge in [-0.3, -0.25) is 14.1 Å². The summed E-state index contributed by atoms with van der Waals surface area (Å²) in [7, 11) is -4.77. The fourth-order valence-corrected chi connectivity index (χ4v) is 5.30. The molecule has 0 aliphatic carbocycles. The average molecular weight is 713 g/mol. The van der Waals surface area contributed by atoms with Crippen LogP contribution in [-0.4, -0.2) is 52.3 Å². The second-order valence-electron chi connectivity index (χ2n) is 13.2. The van der Waals surface area contributed by atoms with Crippen LogP contribution >= 0.6 is 7.82 Å². The second kappa shape index (κ2) is 33.1. The molecule has 284 valence electrons. The second-order valence-corrected chi connectivity index (χ2v) is 14.4. The van der Waals surface area contributed by atoms with E-state index in [1.165, 1.54) is 44.9 Å². The van der Waals surface area contributed by atoms with E-state index in [-0.39, 0.29) is 25.6 Å². The Balaban J connectivity index is 4.08. The Morgan fingerprint density at radius 3 is 1.65 bits per heavy atom. The van der Waals surface area contributed by atoms with Crippen LogP contribution in [-0.2, 0) is 28.2 Å². The number of carbonyl (C=O) groups excluding carboxylic acids is 2. The van der Waals surface area contributed by atoms with E-state index in [1.54, 1.807) is 0 Å². The number of esters is 2. The third-order valence-corrected chi connectivity index (χ3v) is 8.43. The molecule has 0 aromatic heterocycles. The van der Waals surface area contributed by atoms with Gasteiger partial charge < -0.3 is 24.4 Å². The zero-order valence-corrected chi connectivity index (χ0v) is 31.7. The normalized spacial score (nSPS) is 13.8. The van der Waals surface area contributed by atoms with Crippen LogP contribution < -0.4 is 0 Å². The first-order valence-corrected chi connectivity index (χ1v) is 20.4. The number of phosphoric ester groups is 1. The average Bonchev–Trinajstić information content (AvgIpc) is 3.05. The van der Waals surface area contributed by atoms with Gasteiger partial charge in [0.15, 0.2) is 6.10 Å². The Morgan fingerprint density at radius 2 is 1.12 bits per heavy atom. The van der Waals surface area contributed by atoms with E-state index in [2.05, 4.69) is 54.8 Å². The van der Waals surface area contributed by atoms with Crippen molar-refractivity contribution in [1.29, 1.82) is 0 Å². The lowest BCUT2D eigenvalue weighted by Crippen LogP contribution is -2.29. The van der Waals surface area contributed by atoms with E-state index in [4.69, 9.17) is 19.3 Å². The van der Waals surface area contributed by atoms with Crippen molar-refractivity contribution in [2.24, 2.45) is 5.92 Å². The molecule has 0 saturated heterocycles. The zero-order valence-electron chi connectivity index (χ0n) is 30.9. The summed E-state index contributed by atoms with van der Waals surface area (Å²) in [4.78, 5) is 42.7. The number of allylic oxidation sites excluding steroid dienone is 8. The molecule has 0 aliphatic heterocycles. The quantitative estimate of drug-likeness (QED) is 0.0262. The van der Waals surface area contributed by atoms with Crippen molar-refractivity contribution in [1.82, 2.24) is 0 Å². The number of carbonyl (C=O) groups is 2. The predicted molar refractivity (Wildman–Crippen MR) is 199 cm³/mol. The Bertz CT molecular complexity index is 968. The van der Waals surface area contributed by atoms with Crippen molar-refractivity contribution < 1.29 is 43.0 Å². The highest BCUT2D eigenvalue weighted by atomic mass is 31.2. The summed E-state index contributed by atoms with van der Waals surface area (Å²) in [5.74, 6) is -0.182. The minimum atomic E-state index is -4.77. The van der Waals surface area contributed by atoms with Gasteiger partial charge in [-0.2, -0.15) is 0 Å². The minimum absolute atomic E-state index is 0.177. The zero-order chi connectivity index (χ0) is 36.4. The van der Waals surface area contributed by atoms with Crippen LogP contribution in [0.4, 0.5) is 0 Å².